The fourth-order valence-corrected chi connectivity index (χ4v) is 3.65. The zero-order valence-electron chi connectivity index (χ0n) is 14.3. The first-order chi connectivity index (χ1) is 12.8. The van der Waals surface area contributed by atoms with E-state index in [9.17, 15) is 4.79 Å². The number of hydrogen-bond acceptors (Lipinski definition) is 4. The van der Waals surface area contributed by atoms with Gasteiger partial charge in [0.1, 0.15) is 0 Å². The maximum absolute atomic E-state index is 13.1. The molecule has 3 heterocycles. The number of hydrogen-bond donors (Lipinski definition) is 0. The van der Waals surface area contributed by atoms with Gasteiger partial charge in [-0.2, -0.15) is 0 Å². The number of nitrogens with zero attached hydrogens (tertiary/aromatic N) is 2. The molecular weight excluding hydrogens is 328 g/mol. The highest BCUT2D eigenvalue weighted by atomic mass is 16.7. The molecule has 2 aliphatic rings. The van der Waals surface area contributed by atoms with Crippen LogP contribution in [0.2, 0.25) is 0 Å². The molecule has 5 rings (SSSR count). The average Bonchev–Trinajstić information content (AvgIpc) is 3.37. The highest BCUT2D eigenvalue weighted by molar-refractivity contribution is 6.07. The topological polar surface area (TPSA) is 51.7 Å². The van der Waals surface area contributed by atoms with Crippen molar-refractivity contribution in [3.8, 4) is 22.8 Å². The van der Waals surface area contributed by atoms with Crippen molar-refractivity contribution >= 4 is 16.8 Å². The summed E-state index contributed by atoms with van der Waals surface area (Å²) >= 11 is 0. The van der Waals surface area contributed by atoms with Crippen LogP contribution in [0, 0.1) is 0 Å². The SMILES string of the molecule is O=C(c1cc(-c2ccc3c(c2)OCO3)nc2ccccc12)N1CCCC1. The lowest BCUT2D eigenvalue weighted by molar-refractivity contribution is 0.0794. The molecule has 5 heteroatoms. The van der Waals surface area contributed by atoms with Gasteiger partial charge in [-0.05, 0) is 43.2 Å². The van der Waals surface area contributed by atoms with E-state index in [1.54, 1.807) is 0 Å². The van der Waals surface area contributed by atoms with Crippen molar-refractivity contribution in [2.45, 2.75) is 12.8 Å². The second kappa shape index (κ2) is 6.02. The smallest absolute Gasteiger partial charge is 0.254 e. The van der Waals surface area contributed by atoms with Crippen LogP contribution in [0.25, 0.3) is 22.2 Å². The van der Waals surface area contributed by atoms with E-state index in [-0.39, 0.29) is 12.7 Å². The molecule has 0 aliphatic carbocycles. The zero-order valence-corrected chi connectivity index (χ0v) is 14.3. The van der Waals surface area contributed by atoms with Crippen LogP contribution in [0.4, 0.5) is 0 Å². The molecule has 1 amide bonds. The molecule has 130 valence electrons. The number of ether oxygens (including phenoxy) is 2. The Labute approximate surface area is 151 Å². The monoisotopic (exact) mass is 346 g/mol. The Kier molecular flexibility index (Phi) is 3.52. The number of carbonyl (C=O) groups is 1. The molecule has 0 atom stereocenters. The van der Waals surface area contributed by atoms with Gasteiger partial charge >= 0.3 is 0 Å². The Morgan fingerprint density at radius 3 is 2.65 bits per heavy atom. The van der Waals surface area contributed by atoms with E-state index in [4.69, 9.17) is 14.5 Å². The van der Waals surface area contributed by atoms with Gasteiger partial charge in [0.05, 0.1) is 16.8 Å². The summed E-state index contributed by atoms with van der Waals surface area (Å²) in [5.74, 6) is 1.54. The molecule has 2 aliphatic heterocycles. The minimum Gasteiger partial charge on any atom is -0.454 e. The summed E-state index contributed by atoms with van der Waals surface area (Å²) in [5, 5.41) is 0.897. The summed E-state index contributed by atoms with van der Waals surface area (Å²) in [6.45, 7) is 1.90. The molecule has 0 spiro atoms. The molecule has 26 heavy (non-hydrogen) atoms. The predicted molar refractivity (Wildman–Crippen MR) is 98.4 cm³/mol. The normalized spacial score (nSPS) is 15.6. The first kappa shape index (κ1) is 15.2. The quantitative estimate of drug-likeness (QED) is 0.707. The van der Waals surface area contributed by atoms with Crippen LogP contribution >= 0.6 is 0 Å². The van der Waals surface area contributed by atoms with Gasteiger partial charge < -0.3 is 14.4 Å². The Balaban J connectivity index is 1.65. The number of carbonyl (C=O) groups excluding carboxylic acids is 1. The molecule has 3 aromatic rings. The zero-order chi connectivity index (χ0) is 17.5. The van der Waals surface area contributed by atoms with Gasteiger partial charge in [0.15, 0.2) is 11.5 Å². The third kappa shape index (κ3) is 2.47. The average molecular weight is 346 g/mol. The van der Waals surface area contributed by atoms with Gasteiger partial charge in [0.2, 0.25) is 6.79 Å². The third-order valence-electron chi connectivity index (χ3n) is 5.01. The number of para-hydroxylation sites is 1. The van der Waals surface area contributed by atoms with Gasteiger partial charge in [-0.1, -0.05) is 18.2 Å². The van der Waals surface area contributed by atoms with Crippen molar-refractivity contribution in [1.82, 2.24) is 9.88 Å². The molecule has 0 unspecified atom stereocenters. The number of likely N-dealkylation sites (tertiary alicyclic amines) is 1. The van der Waals surface area contributed by atoms with Crippen molar-refractivity contribution in [1.29, 1.82) is 0 Å². The lowest BCUT2D eigenvalue weighted by Gasteiger charge is -2.17. The molecule has 1 saturated heterocycles. The Hall–Kier alpha value is -3.08. The largest absolute Gasteiger partial charge is 0.454 e. The molecule has 0 saturated carbocycles. The second-order valence-corrected chi connectivity index (χ2v) is 6.64. The highest BCUT2D eigenvalue weighted by Gasteiger charge is 2.23. The summed E-state index contributed by atoms with van der Waals surface area (Å²) in [5.41, 5.74) is 3.22. The van der Waals surface area contributed by atoms with Crippen LogP contribution in [0.15, 0.2) is 48.5 Å². The second-order valence-electron chi connectivity index (χ2n) is 6.64. The predicted octanol–water partition coefficient (Wildman–Crippen LogP) is 3.87. The summed E-state index contributed by atoms with van der Waals surface area (Å²) < 4.78 is 10.9. The molecule has 0 bridgehead atoms. The van der Waals surface area contributed by atoms with Crippen molar-refractivity contribution in [3.63, 3.8) is 0 Å². The lowest BCUT2D eigenvalue weighted by atomic mass is 10.0. The van der Waals surface area contributed by atoms with E-state index in [0.29, 0.717) is 11.3 Å². The van der Waals surface area contributed by atoms with Crippen LogP contribution in [0.5, 0.6) is 11.5 Å². The van der Waals surface area contributed by atoms with Crippen molar-refractivity contribution in [2.75, 3.05) is 19.9 Å². The van der Waals surface area contributed by atoms with Crippen molar-refractivity contribution in [3.05, 3.63) is 54.1 Å². The Morgan fingerprint density at radius 1 is 0.962 bits per heavy atom. The van der Waals surface area contributed by atoms with Crippen LogP contribution < -0.4 is 9.47 Å². The lowest BCUT2D eigenvalue weighted by Crippen LogP contribution is -2.27. The summed E-state index contributed by atoms with van der Waals surface area (Å²) in [4.78, 5) is 19.8. The third-order valence-corrected chi connectivity index (χ3v) is 5.01. The van der Waals surface area contributed by atoms with Crippen LogP contribution in [0.3, 0.4) is 0 Å². The molecule has 0 N–H and O–H groups in total. The minimum atomic E-state index is 0.0862. The molecule has 1 fully saturated rings. The number of rotatable bonds is 2. The van der Waals surface area contributed by atoms with E-state index < -0.39 is 0 Å². The van der Waals surface area contributed by atoms with Gasteiger partial charge in [-0.25, -0.2) is 4.98 Å². The fraction of sp³-hybridized carbons (Fsp3) is 0.238. The van der Waals surface area contributed by atoms with Gasteiger partial charge in [0, 0.05) is 24.0 Å². The number of fused-ring (bicyclic) bond motifs is 2. The molecule has 2 aromatic carbocycles. The van der Waals surface area contributed by atoms with Gasteiger partial charge in [0.25, 0.3) is 5.91 Å². The van der Waals surface area contributed by atoms with Crippen molar-refractivity contribution < 1.29 is 14.3 Å². The van der Waals surface area contributed by atoms with Gasteiger partial charge in [-0.3, -0.25) is 4.79 Å². The minimum absolute atomic E-state index is 0.0862. The maximum Gasteiger partial charge on any atom is 0.254 e. The Morgan fingerprint density at radius 2 is 1.77 bits per heavy atom. The first-order valence-corrected chi connectivity index (χ1v) is 8.89. The number of pyridine rings is 1. The van der Waals surface area contributed by atoms with E-state index >= 15 is 0 Å². The van der Waals surface area contributed by atoms with Crippen molar-refractivity contribution in [2.24, 2.45) is 0 Å². The fourth-order valence-electron chi connectivity index (χ4n) is 3.65. The van der Waals surface area contributed by atoms with Crippen LogP contribution in [-0.4, -0.2) is 35.7 Å². The molecule has 5 nitrogen and oxygen atoms in total. The number of amides is 1. The summed E-state index contributed by atoms with van der Waals surface area (Å²) in [7, 11) is 0. The van der Waals surface area contributed by atoms with Gasteiger partial charge in [-0.15, -0.1) is 0 Å². The summed E-state index contributed by atoms with van der Waals surface area (Å²) in [6.07, 6.45) is 2.15. The number of aromatic nitrogens is 1. The molecular formula is C21H18N2O3. The van der Waals surface area contributed by atoms with E-state index in [1.165, 1.54) is 0 Å². The molecule has 1 aromatic heterocycles. The number of benzene rings is 2. The Bertz CT molecular complexity index is 1010. The van der Waals surface area contributed by atoms with Crippen LogP contribution in [-0.2, 0) is 0 Å². The standard InChI is InChI=1S/C21H18N2O3/c24-21(23-9-3-4-10-23)16-12-18(22-17-6-2-1-5-15(16)17)14-7-8-19-20(11-14)26-13-25-19/h1-2,5-8,11-12H,3-4,9-10,13H2. The first-order valence-electron chi connectivity index (χ1n) is 8.89. The van der Waals surface area contributed by atoms with E-state index in [0.717, 1.165) is 53.8 Å². The molecule has 0 radical (unpaired) electrons. The van der Waals surface area contributed by atoms with Crippen LogP contribution in [0.1, 0.15) is 23.2 Å². The highest BCUT2D eigenvalue weighted by Crippen LogP contribution is 2.36. The maximum atomic E-state index is 13.1. The van der Waals surface area contributed by atoms with E-state index in [1.807, 2.05) is 53.4 Å². The summed E-state index contributed by atoms with van der Waals surface area (Å²) in [6, 6.07) is 15.5. The van der Waals surface area contributed by atoms with E-state index in [2.05, 4.69) is 0 Å².